The van der Waals surface area contributed by atoms with Gasteiger partial charge in [-0.25, -0.2) is 0 Å². The van der Waals surface area contributed by atoms with Crippen molar-refractivity contribution in [2.45, 2.75) is 38.7 Å². The lowest BCUT2D eigenvalue weighted by atomic mass is 10.2. The van der Waals surface area contributed by atoms with E-state index in [0.717, 1.165) is 23.7 Å². The Bertz CT molecular complexity index is 199. The quantitative estimate of drug-likeness (QED) is 0.651. The first-order valence-electron chi connectivity index (χ1n) is 4.23. The number of carbonyl (C=O) groups is 1. The molecule has 1 aliphatic rings. The van der Waals surface area contributed by atoms with Crippen molar-refractivity contribution in [2.24, 2.45) is 0 Å². The summed E-state index contributed by atoms with van der Waals surface area (Å²) in [5, 5.41) is 0. The van der Waals surface area contributed by atoms with Gasteiger partial charge in [-0.3, -0.25) is 4.79 Å². The Morgan fingerprint density at radius 2 is 2.42 bits per heavy atom. The summed E-state index contributed by atoms with van der Waals surface area (Å²) >= 11 is 3.42. The van der Waals surface area contributed by atoms with E-state index in [9.17, 15) is 4.79 Å². The number of halogens is 1. The first-order valence-corrected chi connectivity index (χ1v) is 5.02. The predicted octanol–water partition coefficient (Wildman–Crippen LogP) is 2.77. The molecule has 0 saturated heterocycles. The summed E-state index contributed by atoms with van der Waals surface area (Å²) in [6.45, 7) is 1.45. The van der Waals surface area contributed by atoms with Gasteiger partial charge in [0.15, 0.2) is 0 Å². The van der Waals surface area contributed by atoms with Crippen LogP contribution in [-0.2, 0) is 9.53 Å². The molecular weight excluding hydrogens is 220 g/mol. The van der Waals surface area contributed by atoms with Crippen LogP contribution in [0, 0.1) is 0 Å². The molecule has 0 aromatic rings. The summed E-state index contributed by atoms with van der Waals surface area (Å²) in [6, 6.07) is 0. The summed E-state index contributed by atoms with van der Waals surface area (Å²) in [4.78, 5) is 10.7. The van der Waals surface area contributed by atoms with Crippen LogP contribution in [0.3, 0.4) is 0 Å². The third kappa shape index (κ3) is 2.97. The van der Waals surface area contributed by atoms with Gasteiger partial charge in [-0.05, 0) is 25.7 Å². The average Bonchev–Trinajstić information content (AvgIpc) is 2.16. The zero-order chi connectivity index (χ0) is 8.97. The minimum Gasteiger partial charge on any atom is -0.457 e. The van der Waals surface area contributed by atoms with Gasteiger partial charge in [0, 0.05) is 11.4 Å². The predicted molar refractivity (Wildman–Crippen MR) is 51.0 cm³/mol. The van der Waals surface area contributed by atoms with E-state index in [1.807, 2.05) is 0 Å². The van der Waals surface area contributed by atoms with Crippen molar-refractivity contribution >= 4 is 21.9 Å². The number of esters is 1. The summed E-state index contributed by atoms with van der Waals surface area (Å²) in [7, 11) is 0. The Morgan fingerprint density at radius 3 is 3.08 bits per heavy atom. The van der Waals surface area contributed by atoms with Crippen molar-refractivity contribution in [2.75, 3.05) is 0 Å². The highest BCUT2D eigenvalue weighted by Crippen LogP contribution is 2.24. The van der Waals surface area contributed by atoms with E-state index in [0.29, 0.717) is 0 Å². The normalized spacial score (nSPS) is 24.2. The second-order valence-electron chi connectivity index (χ2n) is 2.97. The van der Waals surface area contributed by atoms with Gasteiger partial charge in [0.05, 0.1) is 0 Å². The highest BCUT2D eigenvalue weighted by Gasteiger charge is 2.16. The van der Waals surface area contributed by atoms with Gasteiger partial charge in [0.2, 0.25) is 0 Å². The van der Waals surface area contributed by atoms with Gasteiger partial charge in [0.25, 0.3) is 0 Å². The Hall–Kier alpha value is -0.310. The molecule has 0 spiro atoms. The lowest BCUT2D eigenvalue weighted by molar-refractivity contribution is -0.144. The van der Waals surface area contributed by atoms with Crippen LogP contribution in [0.1, 0.15) is 32.6 Å². The fraction of sp³-hybridized carbons (Fsp3) is 0.667. The van der Waals surface area contributed by atoms with Gasteiger partial charge >= 0.3 is 5.97 Å². The first-order chi connectivity index (χ1) is 5.70. The molecule has 12 heavy (non-hydrogen) atoms. The Balaban J connectivity index is 2.54. The standard InChI is InChI=1S/C9H13BrO2/c1-7(11)12-9-6-4-2-3-5-8(9)10/h5,9H,2-4,6H2,1H3. The molecule has 0 aromatic carbocycles. The summed E-state index contributed by atoms with van der Waals surface area (Å²) in [6.07, 6.45) is 6.40. The van der Waals surface area contributed by atoms with E-state index in [1.54, 1.807) is 0 Å². The monoisotopic (exact) mass is 232 g/mol. The second-order valence-corrected chi connectivity index (χ2v) is 3.89. The van der Waals surface area contributed by atoms with Crippen molar-refractivity contribution in [3.8, 4) is 0 Å². The highest BCUT2D eigenvalue weighted by molar-refractivity contribution is 9.11. The second kappa shape index (κ2) is 4.65. The Labute approximate surface area is 81.1 Å². The number of carbonyl (C=O) groups excluding carboxylic acids is 1. The third-order valence-corrected chi connectivity index (χ3v) is 2.71. The largest absolute Gasteiger partial charge is 0.457 e. The number of ether oxygens (including phenoxy) is 1. The van der Waals surface area contributed by atoms with Crippen LogP contribution >= 0.6 is 15.9 Å². The summed E-state index contributed by atoms with van der Waals surface area (Å²) < 4.78 is 6.15. The van der Waals surface area contributed by atoms with Gasteiger partial charge in [-0.15, -0.1) is 0 Å². The molecule has 2 nitrogen and oxygen atoms in total. The molecule has 0 radical (unpaired) electrons. The molecule has 0 aliphatic heterocycles. The number of hydrogen-bond acceptors (Lipinski definition) is 2. The summed E-state index contributed by atoms with van der Waals surface area (Å²) in [5.41, 5.74) is 0. The number of allylic oxidation sites excluding steroid dienone is 1. The van der Waals surface area contributed by atoms with E-state index in [-0.39, 0.29) is 12.1 Å². The molecule has 1 atom stereocenters. The molecule has 0 heterocycles. The fourth-order valence-electron chi connectivity index (χ4n) is 1.30. The summed E-state index contributed by atoms with van der Waals surface area (Å²) in [5.74, 6) is -0.202. The molecule has 1 aliphatic carbocycles. The zero-order valence-corrected chi connectivity index (χ0v) is 8.76. The van der Waals surface area contributed by atoms with E-state index in [1.165, 1.54) is 13.3 Å². The molecule has 68 valence electrons. The lowest BCUT2D eigenvalue weighted by Crippen LogP contribution is -2.15. The maximum absolute atomic E-state index is 10.7. The zero-order valence-electron chi connectivity index (χ0n) is 7.18. The van der Waals surface area contributed by atoms with Gasteiger partial charge in [-0.2, -0.15) is 0 Å². The van der Waals surface area contributed by atoms with Crippen molar-refractivity contribution in [3.63, 3.8) is 0 Å². The molecule has 0 aromatic heterocycles. The lowest BCUT2D eigenvalue weighted by Gasteiger charge is -2.14. The Kier molecular flexibility index (Phi) is 3.79. The van der Waals surface area contributed by atoms with Crippen LogP contribution in [0.5, 0.6) is 0 Å². The van der Waals surface area contributed by atoms with Crippen molar-refractivity contribution in [1.82, 2.24) is 0 Å². The maximum atomic E-state index is 10.7. The molecule has 0 saturated carbocycles. The molecular formula is C9H13BrO2. The number of hydrogen-bond donors (Lipinski definition) is 0. The molecule has 0 bridgehead atoms. The fourth-order valence-corrected chi connectivity index (χ4v) is 1.85. The minimum absolute atomic E-state index is 0.0370. The molecule has 1 unspecified atom stereocenters. The van der Waals surface area contributed by atoms with Gasteiger partial charge < -0.3 is 4.74 Å². The van der Waals surface area contributed by atoms with Crippen LogP contribution in [0.4, 0.5) is 0 Å². The minimum atomic E-state index is -0.202. The maximum Gasteiger partial charge on any atom is 0.303 e. The average molecular weight is 233 g/mol. The van der Waals surface area contributed by atoms with Crippen LogP contribution < -0.4 is 0 Å². The highest BCUT2D eigenvalue weighted by atomic mass is 79.9. The van der Waals surface area contributed by atoms with Crippen LogP contribution in [0.25, 0.3) is 0 Å². The SMILES string of the molecule is CC(=O)OC1CCCCC=C1Br. The molecule has 0 fully saturated rings. The topological polar surface area (TPSA) is 26.3 Å². The van der Waals surface area contributed by atoms with Crippen molar-refractivity contribution < 1.29 is 9.53 Å². The van der Waals surface area contributed by atoms with E-state index in [4.69, 9.17) is 4.74 Å². The number of rotatable bonds is 1. The van der Waals surface area contributed by atoms with Gasteiger partial charge in [-0.1, -0.05) is 22.0 Å². The van der Waals surface area contributed by atoms with Crippen molar-refractivity contribution in [1.29, 1.82) is 0 Å². The van der Waals surface area contributed by atoms with Crippen LogP contribution in [0.2, 0.25) is 0 Å². The van der Waals surface area contributed by atoms with E-state index in [2.05, 4.69) is 22.0 Å². The van der Waals surface area contributed by atoms with Crippen LogP contribution in [0.15, 0.2) is 10.6 Å². The third-order valence-electron chi connectivity index (χ3n) is 1.88. The van der Waals surface area contributed by atoms with Crippen molar-refractivity contribution in [3.05, 3.63) is 10.6 Å². The smallest absolute Gasteiger partial charge is 0.303 e. The van der Waals surface area contributed by atoms with E-state index < -0.39 is 0 Å². The molecule has 0 amide bonds. The molecule has 3 heteroatoms. The molecule has 1 rings (SSSR count). The van der Waals surface area contributed by atoms with E-state index >= 15 is 0 Å². The Morgan fingerprint density at radius 1 is 1.67 bits per heavy atom. The van der Waals surface area contributed by atoms with Crippen LogP contribution in [-0.4, -0.2) is 12.1 Å². The molecule has 0 N–H and O–H groups in total. The first kappa shape index (κ1) is 9.78. The van der Waals surface area contributed by atoms with Gasteiger partial charge in [0.1, 0.15) is 6.10 Å².